The van der Waals surface area contributed by atoms with Gasteiger partial charge in [-0.15, -0.1) is 0 Å². The Balaban J connectivity index is 2.09. The molecule has 0 saturated carbocycles. The summed E-state index contributed by atoms with van der Waals surface area (Å²) in [6, 6.07) is 4.11. The number of imide groups is 1. The molecule has 1 atom stereocenters. The molecule has 0 aromatic heterocycles. The molecular weight excluding hydrogens is 277 g/mol. The first-order valence-electron chi connectivity index (χ1n) is 6.69. The lowest BCUT2D eigenvalue weighted by molar-refractivity contribution is -0.131. The van der Waals surface area contributed by atoms with Crippen molar-refractivity contribution in [3.05, 3.63) is 30.1 Å². The van der Waals surface area contributed by atoms with Crippen molar-refractivity contribution in [1.29, 1.82) is 0 Å². The van der Waals surface area contributed by atoms with E-state index in [1.54, 1.807) is 0 Å². The summed E-state index contributed by atoms with van der Waals surface area (Å²) in [4.78, 5) is 35.9. The quantitative estimate of drug-likeness (QED) is 0.829. The number of amides is 4. The Morgan fingerprint density at radius 1 is 1.38 bits per heavy atom. The van der Waals surface area contributed by atoms with Gasteiger partial charge in [0.2, 0.25) is 6.41 Å². The first-order valence-corrected chi connectivity index (χ1v) is 6.69. The monoisotopic (exact) mass is 293 g/mol. The fourth-order valence-electron chi connectivity index (χ4n) is 2.24. The molecule has 112 valence electrons. The van der Waals surface area contributed by atoms with Crippen molar-refractivity contribution < 1.29 is 18.8 Å². The number of rotatable bonds is 3. The molecule has 0 aliphatic carbocycles. The van der Waals surface area contributed by atoms with Crippen molar-refractivity contribution in [3.8, 4) is 0 Å². The summed E-state index contributed by atoms with van der Waals surface area (Å²) >= 11 is 0. The number of nitrogens with one attached hydrogen (secondary N) is 2. The molecule has 1 aromatic rings. The van der Waals surface area contributed by atoms with E-state index in [4.69, 9.17) is 0 Å². The van der Waals surface area contributed by atoms with E-state index in [2.05, 4.69) is 10.6 Å². The highest BCUT2D eigenvalue weighted by Crippen LogP contribution is 2.15. The summed E-state index contributed by atoms with van der Waals surface area (Å²) in [5, 5.41) is 4.90. The summed E-state index contributed by atoms with van der Waals surface area (Å²) < 4.78 is 13.1. The third-order valence-corrected chi connectivity index (χ3v) is 3.28. The van der Waals surface area contributed by atoms with Gasteiger partial charge in [0.25, 0.3) is 5.91 Å². The van der Waals surface area contributed by atoms with Crippen LogP contribution in [-0.2, 0) is 9.59 Å². The van der Waals surface area contributed by atoms with Gasteiger partial charge in [-0.25, -0.2) is 9.18 Å². The van der Waals surface area contributed by atoms with Gasteiger partial charge in [0.15, 0.2) is 0 Å². The van der Waals surface area contributed by atoms with E-state index in [-0.39, 0.29) is 12.2 Å². The molecule has 0 bridgehead atoms. The summed E-state index contributed by atoms with van der Waals surface area (Å²) in [5.74, 6) is -0.927. The molecule has 6 nitrogen and oxygen atoms in total. The molecule has 1 aliphatic rings. The number of benzene rings is 1. The Labute approximate surface area is 121 Å². The van der Waals surface area contributed by atoms with E-state index in [1.807, 2.05) is 0 Å². The first kappa shape index (κ1) is 15.0. The van der Waals surface area contributed by atoms with Crippen LogP contribution in [0.15, 0.2) is 24.3 Å². The lowest BCUT2D eigenvalue weighted by atomic mass is 10.1. The SMILES string of the molecule is O=CN[C@H]1CCCCN(C(=O)Nc2cccc(F)c2)C1=O. The van der Waals surface area contributed by atoms with Gasteiger partial charge in [0.05, 0.1) is 0 Å². The summed E-state index contributed by atoms with van der Waals surface area (Å²) in [6.45, 7) is 0.275. The zero-order chi connectivity index (χ0) is 15.2. The van der Waals surface area contributed by atoms with E-state index >= 15 is 0 Å². The summed E-state index contributed by atoms with van der Waals surface area (Å²) in [5.41, 5.74) is 0.275. The maximum atomic E-state index is 13.1. The van der Waals surface area contributed by atoms with Crippen LogP contribution in [0, 0.1) is 5.82 Å². The standard InChI is InChI=1S/C14H16FN3O3/c15-10-4-3-5-11(8-10)17-14(21)18-7-2-1-6-12(13(18)20)16-9-19/h3-5,8-9,12H,1-2,6-7H2,(H,16,19)(H,17,21)/t12-/m0/s1. The van der Waals surface area contributed by atoms with E-state index < -0.39 is 23.8 Å². The average Bonchev–Trinajstić information content (AvgIpc) is 2.62. The molecule has 1 heterocycles. The molecule has 0 spiro atoms. The second-order valence-corrected chi connectivity index (χ2v) is 4.76. The normalized spacial score (nSPS) is 18.8. The molecule has 7 heteroatoms. The van der Waals surface area contributed by atoms with Crippen molar-refractivity contribution in [2.24, 2.45) is 0 Å². The van der Waals surface area contributed by atoms with E-state index in [0.29, 0.717) is 19.3 Å². The van der Waals surface area contributed by atoms with Crippen LogP contribution in [-0.4, -0.2) is 35.8 Å². The molecular formula is C14H16FN3O3. The summed E-state index contributed by atoms with van der Waals surface area (Å²) in [6.07, 6.45) is 2.36. The second kappa shape index (κ2) is 6.83. The van der Waals surface area contributed by atoms with Crippen LogP contribution in [0.4, 0.5) is 14.9 Å². The van der Waals surface area contributed by atoms with Crippen LogP contribution in [0.2, 0.25) is 0 Å². The molecule has 1 fully saturated rings. The molecule has 1 aromatic carbocycles. The maximum Gasteiger partial charge on any atom is 0.328 e. The maximum absolute atomic E-state index is 13.1. The van der Waals surface area contributed by atoms with Gasteiger partial charge in [-0.3, -0.25) is 14.5 Å². The Morgan fingerprint density at radius 3 is 2.90 bits per heavy atom. The molecule has 0 unspecified atom stereocenters. The van der Waals surface area contributed by atoms with Crippen LogP contribution < -0.4 is 10.6 Å². The Hall–Kier alpha value is -2.44. The fraction of sp³-hybridized carbons (Fsp3) is 0.357. The van der Waals surface area contributed by atoms with Crippen molar-refractivity contribution >= 4 is 24.0 Å². The number of carbonyl (C=O) groups is 3. The van der Waals surface area contributed by atoms with Gasteiger partial charge >= 0.3 is 6.03 Å². The number of halogens is 1. The van der Waals surface area contributed by atoms with E-state index in [9.17, 15) is 18.8 Å². The molecule has 21 heavy (non-hydrogen) atoms. The van der Waals surface area contributed by atoms with Gasteiger partial charge in [-0.05, 0) is 37.5 Å². The minimum absolute atomic E-state index is 0.275. The highest BCUT2D eigenvalue weighted by molar-refractivity contribution is 6.03. The molecule has 0 radical (unpaired) electrons. The van der Waals surface area contributed by atoms with Gasteiger partial charge < -0.3 is 10.6 Å². The Kier molecular flexibility index (Phi) is 4.86. The average molecular weight is 293 g/mol. The van der Waals surface area contributed by atoms with Gasteiger partial charge in [-0.1, -0.05) is 6.07 Å². The van der Waals surface area contributed by atoms with Crippen LogP contribution in [0.3, 0.4) is 0 Å². The van der Waals surface area contributed by atoms with Crippen LogP contribution in [0.1, 0.15) is 19.3 Å². The largest absolute Gasteiger partial charge is 0.347 e. The number of anilines is 1. The zero-order valence-corrected chi connectivity index (χ0v) is 11.3. The van der Waals surface area contributed by atoms with E-state index in [1.165, 1.54) is 24.3 Å². The minimum atomic E-state index is -0.691. The number of likely N-dealkylation sites (tertiary alicyclic amines) is 1. The van der Waals surface area contributed by atoms with E-state index in [0.717, 1.165) is 11.3 Å². The predicted molar refractivity (Wildman–Crippen MR) is 74.0 cm³/mol. The third-order valence-electron chi connectivity index (χ3n) is 3.28. The molecule has 4 amide bonds. The number of hydrogen-bond acceptors (Lipinski definition) is 3. The van der Waals surface area contributed by atoms with Crippen LogP contribution in [0.25, 0.3) is 0 Å². The van der Waals surface area contributed by atoms with Gasteiger partial charge in [0, 0.05) is 12.2 Å². The first-order chi connectivity index (χ1) is 10.1. The van der Waals surface area contributed by atoms with Crippen molar-refractivity contribution in [2.75, 3.05) is 11.9 Å². The predicted octanol–water partition coefficient (Wildman–Crippen LogP) is 1.48. The molecule has 1 aliphatic heterocycles. The fourth-order valence-corrected chi connectivity index (χ4v) is 2.24. The van der Waals surface area contributed by atoms with Crippen molar-refractivity contribution in [3.63, 3.8) is 0 Å². The highest BCUT2D eigenvalue weighted by Gasteiger charge is 2.30. The molecule has 2 N–H and O–H groups in total. The van der Waals surface area contributed by atoms with Crippen molar-refractivity contribution in [1.82, 2.24) is 10.2 Å². The number of urea groups is 1. The van der Waals surface area contributed by atoms with Gasteiger partial charge in [-0.2, -0.15) is 0 Å². The van der Waals surface area contributed by atoms with Crippen LogP contribution >= 0.6 is 0 Å². The Morgan fingerprint density at radius 2 is 2.19 bits per heavy atom. The topological polar surface area (TPSA) is 78.5 Å². The summed E-state index contributed by atoms with van der Waals surface area (Å²) in [7, 11) is 0. The second-order valence-electron chi connectivity index (χ2n) is 4.76. The number of carbonyl (C=O) groups excluding carboxylic acids is 3. The van der Waals surface area contributed by atoms with Crippen molar-refractivity contribution in [2.45, 2.75) is 25.3 Å². The highest BCUT2D eigenvalue weighted by atomic mass is 19.1. The zero-order valence-electron chi connectivity index (χ0n) is 11.3. The lowest BCUT2D eigenvalue weighted by Crippen LogP contribution is -2.48. The van der Waals surface area contributed by atoms with Crippen LogP contribution in [0.5, 0.6) is 0 Å². The molecule has 1 saturated heterocycles. The van der Waals surface area contributed by atoms with Gasteiger partial charge in [0.1, 0.15) is 11.9 Å². The third kappa shape index (κ3) is 3.77. The lowest BCUT2D eigenvalue weighted by Gasteiger charge is -2.22. The number of nitrogens with zero attached hydrogens (tertiary/aromatic N) is 1. The molecule has 2 rings (SSSR count). The number of hydrogen-bond donors (Lipinski definition) is 2. The Bertz CT molecular complexity index is 550. The minimum Gasteiger partial charge on any atom is -0.347 e. The smallest absolute Gasteiger partial charge is 0.328 e.